The Morgan fingerprint density at radius 2 is 1.82 bits per heavy atom. The van der Waals surface area contributed by atoms with Crippen molar-refractivity contribution >= 4 is 11.6 Å². The number of carbonyl (C=O) groups is 1. The second-order valence-electron chi connectivity index (χ2n) is 8.61. The molecule has 0 radical (unpaired) electrons. The maximum absolute atomic E-state index is 12.7. The Morgan fingerprint density at radius 1 is 1.18 bits per heavy atom. The van der Waals surface area contributed by atoms with Crippen LogP contribution in [-0.4, -0.2) is 23.7 Å². The molecule has 0 unspecified atom stereocenters. The number of hydrogen-bond donors (Lipinski definition) is 1. The van der Waals surface area contributed by atoms with E-state index in [4.69, 9.17) is 0 Å². The molecule has 1 saturated heterocycles. The van der Waals surface area contributed by atoms with Gasteiger partial charge in [0.1, 0.15) is 5.75 Å². The van der Waals surface area contributed by atoms with Crippen LogP contribution in [0, 0.1) is 5.92 Å². The molecule has 0 saturated carbocycles. The van der Waals surface area contributed by atoms with Crippen LogP contribution < -0.4 is 10.1 Å². The SMILES string of the molecule is C/C=C\C(=C(\CC(CC)CC)C(Nc1ccc(OC(F)(F)F)cc1)=C(C)CC)N1CCCC1=O. The first-order valence-electron chi connectivity index (χ1n) is 12.1. The molecule has 0 spiro atoms. The van der Waals surface area contributed by atoms with Crippen LogP contribution in [0.25, 0.3) is 0 Å². The first-order chi connectivity index (χ1) is 16.1. The van der Waals surface area contributed by atoms with Crippen LogP contribution in [0.2, 0.25) is 0 Å². The van der Waals surface area contributed by atoms with Gasteiger partial charge in [0.15, 0.2) is 0 Å². The number of ether oxygens (including phenoxy) is 1. The first kappa shape index (κ1) is 27.5. The summed E-state index contributed by atoms with van der Waals surface area (Å²) in [6, 6.07) is 5.76. The molecule has 188 valence electrons. The molecule has 2 rings (SSSR count). The number of nitrogens with zero attached hydrogens (tertiary/aromatic N) is 1. The lowest BCUT2D eigenvalue weighted by atomic mass is 9.89. The minimum Gasteiger partial charge on any atom is -0.406 e. The molecule has 7 heteroatoms. The van der Waals surface area contributed by atoms with E-state index in [9.17, 15) is 18.0 Å². The van der Waals surface area contributed by atoms with Crippen molar-refractivity contribution in [2.24, 2.45) is 5.92 Å². The quantitative estimate of drug-likeness (QED) is 0.328. The van der Waals surface area contributed by atoms with Gasteiger partial charge >= 0.3 is 6.36 Å². The second-order valence-corrected chi connectivity index (χ2v) is 8.61. The highest BCUT2D eigenvalue weighted by Gasteiger charge is 2.31. The third-order valence-corrected chi connectivity index (χ3v) is 6.26. The van der Waals surface area contributed by atoms with Crippen LogP contribution in [0.5, 0.6) is 5.75 Å². The van der Waals surface area contributed by atoms with Gasteiger partial charge in [-0.1, -0.05) is 39.7 Å². The topological polar surface area (TPSA) is 41.6 Å². The Labute approximate surface area is 201 Å². The largest absolute Gasteiger partial charge is 0.573 e. The Bertz CT molecular complexity index is 911. The van der Waals surface area contributed by atoms with Gasteiger partial charge in [0.25, 0.3) is 0 Å². The van der Waals surface area contributed by atoms with Crippen molar-refractivity contribution in [2.45, 2.75) is 79.5 Å². The number of carbonyl (C=O) groups excluding carboxylic acids is 1. The van der Waals surface area contributed by atoms with Gasteiger partial charge in [0.2, 0.25) is 5.91 Å². The lowest BCUT2D eigenvalue weighted by Gasteiger charge is -2.28. The lowest BCUT2D eigenvalue weighted by Crippen LogP contribution is -2.26. The molecule has 4 nitrogen and oxygen atoms in total. The highest BCUT2D eigenvalue weighted by Crippen LogP contribution is 2.34. The fraction of sp³-hybridized carbons (Fsp3) is 0.519. The van der Waals surface area contributed by atoms with Crippen molar-refractivity contribution in [3.63, 3.8) is 0 Å². The number of benzene rings is 1. The zero-order valence-electron chi connectivity index (χ0n) is 20.9. The van der Waals surface area contributed by atoms with Crippen LogP contribution in [0.4, 0.5) is 18.9 Å². The van der Waals surface area contributed by atoms with Crippen LogP contribution in [-0.2, 0) is 4.79 Å². The minimum atomic E-state index is -4.73. The van der Waals surface area contributed by atoms with Crippen LogP contribution in [0.3, 0.4) is 0 Å². The van der Waals surface area contributed by atoms with Crippen LogP contribution >= 0.6 is 0 Å². The molecule has 0 atom stereocenters. The third-order valence-electron chi connectivity index (χ3n) is 6.26. The number of halogens is 3. The van der Waals surface area contributed by atoms with Gasteiger partial charge in [-0.15, -0.1) is 13.2 Å². The molecule has 1 aromatic carbocycles. The number of likely N-dealkylation sites (tertiary alicyclic amines) is 1. The van der Waals surface area contributed by atoms with E-state index >= 15 is 0 Å². The molecule has 1 aromatic rings. The number of amides is 1. The van der Waals surface area contributed by atoms with Crippen molar-refractivity contribution in [3.05, 3.63) is 59.0 Å². The van der Waals surface area contributed by atoms with E-state index in [0.717, 1.165) is 54.6 Å². The Hall–Kier alpha value is -2.70. The van der Waals surface area contributed by atoms with Crippen molar-refractivity contribution in [2.75, 3.05) is 11.9 Å². The molecular weight excluding hydrogens is 441 g/mol. The number of alkyl halides is 3. The normalized spacial score (nSPS) is 16.3. The molecule has 1 N–H and O–H groups in total. The predicted octanol–water partition coefficient (Wildman–Crippen LogP) is 7.96. The van der Waals surface area contributed by atoms with Gasteiger partial charge in [0, 0.05) is 30.0 Å². The Morgan fingerprint density at radius 3 is 2.29 bits per heavy atom. The molecule has 0 aliphatic carbocycles. The minimum absolute atomic E-state index is 0.123. The number of allylic oxidation sites excluding steroid dienone is 4. The monoisotopic (exact) mass is 478 g/mol. The fourth-order valence-corrected chi connectivity index (χ4v) is 4.12. The van der Waals surface area contributed by atoms with Crippen molar-refractivity contribution in [3.8, 4) is 5.75 Å². The summed E-state index contributed by atoms with van der Waals surface area (Å²) in [5.74, 6) is 0.301. The van der Waals surface area contributed by atoms with E-state index in [0.29, 0.717) is 24.6 Å². The van der Waals surface area contributed by atoms with Crippen molar-refractivity contribution in [1.82, 2.24) is 4.90 Å². The molecule has 1 aliphatic heterocycles. The van der Waals surface area contributed by atoms with Gasteiger partial charge in [-0.05, 0) is 80.5 Å². The summed E-state index contributed by atoms with van der Waals surface area (Å²) >= 11 is 0. The molecular formula is C27H37F3N2O2. The average Bonchev–Trinajstić information content (AvgIpc) is 3.22. The number of hydrogen-bond acceptors (Lipinski definition) is 3. The highest BCUT2D eigenvalue weighted by atomic mass is 19.4. The Kier molecular flexibility index (Phi) is 10.3. The third kappa shape index (κ3) is 7.67. The molecule has 1 fully saturated rings. The number of nitrogens with one attached hydrogen (secondary N) is 1. The summed E-state index contributed by atoms with van der Waals surface area (Å²) < 4.78 is 41.7. The van der Waals surface area contributed by atoms with E-state index in [2.05, 4.69) is 37.7 Å². The zero-order valence-corrected chi connectivity index (χ0v) is 20.9. The maximum atomic E-state index is 12.7. The molecule has 0 aromatic heterocycles. The van der Waals surface area contributed by atoms with Crippen LogP contribution in [0.1, 0.15) is 73.1 Å². The summed E-state index contributed by atoms with van der Waals surface area (Å²) in [4.78, 5) is 14.6. The Balaban J connectivity index is 2.57. The molecule has 34 heavy (non-hydrogen) atoms. The summed E-state index contributed by atoms with van der Waals surface area (Å²) in [6.45, 7) is 11.1. The van der Waals surface area contributed by atoms with E-state index in [1.807, 2.05) is 24.0 Å². The molecule has 1 heterocycles. The van der Waals surface area contributed by atoms with Crippen LogP contribution in [0.15, 0.2) is 59.0 Å². The van der Waals surface area contributed by atoms with Gasteiger partial charge in [-0.2, -0.15) is 0 Å². The second kappa shape index (κ2) is 12.7. The van der Waals surface area contributed by atoms with Gasteiger partial charge in [0.05, 0.1) is 0 Å². The van der Waals surface area contributed by atoms with E-state index < -0.39 is 6.36 Å². The smallest absolute Gasteiger partial charge is 0.406 e. The maximum Gasteiger partial charge on any atom is 0.573 e. The summed E-state index contributed by atoms with van der Waals surface area (Å²) in [7, 11) is 0. The van der Waals surface area contributed by atoms with Gasteiger partial charge in [-0.25, -0.2) is 0 Å². The van der Waals surface area contributed by atoms with Gasteiger partial charge < -0.3 is 15.0 Å². The van der Waals surface area contributed by atoms with Crippen molar-refractivity contribution < 1.29 is 22.7 Å². The average molecular weight is 479 g/mol. The molecule has 1 amide bonds. The standard InChI is InChI=1S/C27H37F3N2O2/c1-6-11-24(32-17-10-12-25(32)33)23(18-20(8-3)9-4)26(19(5)7-2)31-21-13-15-22(16-14-21)34-27(28,29)30/h6,11,13-16,20,31H,7-10,12,17-18H2,1-5H3/b11-6-,24-23+,26-19?. The van der Waals surface area contributed by atoms with E-state index in [-0.39, 0.29) is 11.7 Å². The summed E-state index contributed by atoms with van der Waals surface area (Å²) in [5, 5.41) is 3.46. The van der Waals surface area contributed by atoms with E-state index in [1.165, 1.54) is 12.1 Å². The van der Waals surface area contributed by atoms with Crippen molar-refractivity contribution in [1.29, 1.82) is 0 Å². The highest BCUT2D eigenvalue weighted by molar-refractivity contribution is 5.81. The summed E-state index contributed by atoms with van der Waals surface area (Å²) in [6.07, 6.45) is 4.22. The predicted molar refractivity (Wildman–Crippen MR) is 131 cm³/mol. The fourth-order valence-electron chi connectivity index (χ4n) is 4.12. The molecule has 1 aliphatic rings. The number of anilines is 1. The van der Waals surface area contributed by atoms with E-state index in [1.54, 1.807) is 12.1 Å². The van der Waals surface area contributed by atoms with Gasteiger partial charge in [-0.3, -0.25) is 4.79 Å². The molecule has 0 bridgehead atoms. The summed E-state index contributed by atoms with van der Waals surface area (Å²) in [5.41, 5.74) is 4.67. The number of rotatable bonds is 11. The first-order valence-corrected chi connectivity index (χ1v) is 12.1. The lowest BCUT2D eigenvalue weighted by molar-refractivity contribution is -0.274. The zero-order chi connectivity index (χ0) is 25.3.